The third-order valence-electron chi connectivity index (χ3n) is 14.5. The van der Waals surface area contributed by atoms with E-state index in [9.17, 15) is 44.4 Å². The number of sulfonamides is 3. The van der Waals surface area contributed by atoms with Crippen LogP contribution in [-0.4, -0.2) is 137 Å². The number of nitrogens with two attached hydrogens (primary N) is 4. The molecule has 3 amide bonds. The summed E-state index contributed by atoms with van der Waals surface area (Å²) in [6.45, 7) is 18.0. The maximum absolute atomic E-state index is 12.9. The standard InChI is InChI=1S/C23H24N6O5S.C22H24N6O4S.C20H24N6O4S/c1-14(30)17-10-29(13-26-17)19-9-15(7-8-25-19)22(31)27-23(2,3)12-34-18-6-4-5-16-11-35(32,33)28-21(24)20(16)18;1-14-10-28(13-25-14)18-9-15(7-8-24-18)21(29)26-22(2,3)12-32-17-6-4-5-16-11-33(30,31)27-20(23)19(16)17;1-12(21)24-16-9-13(7-8-23-16)19(27)25-20(2,3)11-30-15-6-4-5-14-10-31(28,29)26-18(22)17(14)15/h4-10,13H,11-12H2,1-3H3,(H2,24,28)(H,27,31);4-10,13H,11-12H2,1-3H3,(H2,23,27)(H,26,29);4-9H,1,10-11,21H2,2-3H3,(H2,22,26)(H,23,24)(H,25,27). The molecule has 0 atom stereocenters. The number of benzene rings is 3. The van der Waals surface area contributed by atoms with E-state index in [0.29, 0.717) is 90.5 Å². The second kappa shape index (κ2) is 28.7. The van der Waals surface area contributed by atoms with E-state index in [1.54, 1.807) is 147 Å². The Balaban J connectivity index is 0.000000174. The lowest BCUT2D eigenvalue weighted by molar-refractivity contribution is 0.0872. The molecule has 11 rings (SSSR count). The zero-order valence-corrected chi connectivity index (χ0v) is 57.4. The minimum absolute atomic E-state index is 0.0800. The SMILES string of the molecule is C=C(N)Nc1cc(C(=O)NC(C)(C)COc2cccc3c2C(N)=NS(=O)(=O)C3)ccn1.CC(=O)c1cn(-c2cc(C(=O)NC(C)(C)COc3cccc4c3C(N)=NS(=O)(=O)C4)ccn2)cn1.Cc1cn(-c2cc(C(=O)NC(C)(C)COc3cccc4c3C(N)=NS(=O)(=O)C4)ccn2)cn1. The van der Waals surface area contributed by atoms with Crippen LogP contribution >= 0.6 is 0 Å². The third-order valence-corrected chi connectivity index (χ3v) is 17.9. The molecule has 518 valence electrons. The Hall–Kier alpha value is -11.4. The monoisotopic (exact) mass is 1410 g/mol. The number of imidazole rings is 2. The minimum atomic E-state index is -3.66. The van der Waals surface area contributed by atoms with Gasteiger partial charge in [-0.1, -0.05) is 43.0 Å². The topological polar surface area (TPSA) is 462 Å². The van der Waals surface area contributed by atoms with E-state index < -0.39 is 46.7 Å². The van der Waals surface area contributed by atoms with E-state index in [4.69, 9.17) is 37.1 Å². The van der Waals surface area contributed by atoms with E-state index in [0.717, 1.165) is 5.69 Å². The molecule has 5 aromatic heterocycles. The van der Waals surface area contributed by atoms with Crippen molar-refractivity contribution in [1.29, 1.82) is 0 Å². The molecule has 0 radical (unpaired) electrons. The largest absolute Gasteiger partial charge is 0.490 e. The second-order valence-electron chi connectivity index (χ2n) is 24.9. The maximum Gasteiger partial charge on any atom is 0.259 e. The van der Waals surface area contributed by atoms with Crippen LogP contribution in [0.4, 0.5) is 5.82 Å². The van der Waals surface area contributed by atoms with Gasteiger partial charge in [-0.2, -0.15) is 0 Å². The number of rotatable bonds is 20. The predicted octanol–water partition coefficient (Wildman–Crippen LogP) is 4.38. The van der Waals surface area contributed by atoms with Gasteiger partial charge in [0.25, 0.3) is 47.8 Å². The van der Waals surface area contributed by atoms with Gasteiger partial charge in [0.2, 0.25) is 0 Å². The Kier molecular flexibility index (Phi) is 20.9. The summed E-state index contributed by atoms with van der Waals surface area (Å²) < 4.78 is 103. The van der Waals surface area contributed by atoms with Gasteiger partial charge in [0.15, 0.2) is 5.78 Å². The van der Waals surface area contributed by atoms with Crippen molar-refractivity contribution in [2.24, 2.45) is 36.1 Å². The van der Waals surface area contributed by atoms with Gasteiger partial charge in [-0.3, -0.25) is 28.3 Å². The first-order chi connectivity index (χ1) is 46.4. The zero-order valence-electron chi connectivity index (χ0n) is 55.0. The van der Waals surface area contributed by atoms with Crippen LogP contribution in [0.5, 0.6) is 17.2 Å². The normalized spacial score (nSPS) is 14.7. The van der Waals surface area contributed by atoms with Gasteiger partial charge in [0.1, 0.15) is 90.4 Å². The molecule has 31 nitrogen and oxygen atoms in total. The van der Waals surface area contributed by atoms with Crippen LogP contribution in [0, 0.1) is 6.92 Å². The van der Waals surface area contributed by atoms with Crippen molar-refractivity contribution in [2.45, 2.75) is 89.3 Å². The highest BCUT2D eigenvalue weighted by Crippen LogP contribution is 2.32. The summed E-state index contributed by atoms with van der Waals surface area (Å²) in [6, 6.07) is 24.7. The number of hydrogen-bond acceptors (Lipinski definition) is 23. The van der Waals surface area contributed by atoms with E-state index >= 15 is 0 Å². The highest BCUT2D eigenvalue weighted by atomic mass is 32.2. The van der Waals surface area contributed by atoms with Gasteiger partial charge in [-0.15, -0.1) is 13.2 Å². The molecule has 0 unspecified atom stereocenters. The average Bonchev–Trinajstić information content (AvgIpc) is 1.36. The van der Waals surface area contributed by atoms with Gasteiger partial charge in [-0.25, -0.2) is 50.2 Å². The summed E-state index contributed by atoms with van der Waals surface area (Å²) in [4.78, 5) is 70.8. The summed E-state index contributed by atoms with van der Waals surface area (Å²) in [5.74, 6) is 0.602. The van der Waals surface area contributed by atoms with Crippen LogP contribution in [0.3, 0.4) is 0 Å². The number of carbonyl (C=O) groups excluding carboxylic acids is 4. The molecule has 0 fully saturated rings. The van der Waals surface area contributed by atoms with E-state index in [1.165, 1.54) is 25.6 Å². The van der Waals surface area contributed by atoms with Gasteiger partial charge in [0, 0.05) is 54.6 Å². The highest BCUT2D eigenvalue weighted by Gasteiger charge is 2.32. The van der Waals surface area contributed by atoms with Crippen LogP contribution in [0.1, 0.15) is 129 Å². The fraction of sp³-hybridized carbons (Fsp3) is 0.262. The minimum Gasteiger partial charge on any atom is -0.490 e. The number of amidine groups is 3. The summed E-state index contributed by atoms with van der Waals surface area (Å²) in [6.07, 6.45) is 11.0. The molecule has 3 aliphatic rings. The lowest BCUT2D eigenvalue weighted by Crippen LogP contribution is -2.48. The van der Waals surface area contributed by atoms with Crippen LogP contribution in [0.25, 0.3) is 11.6 Å². The molecule has 12 N–H and O–H groups in total. The fourth-order valence-corrected chi connectivity index (χ4v) is 13.3. The van der Waals surface area contributed by atoms with Crippen LogP contribution < -0.4 is 58.4 Å². The summed E-state index contributed by atoms with van der Waals surface area (Å²) >= 11 is 0. The number of ether oxygens (including phenoxy) is 3. The van der Waals surface area contributed by atoms with Crippen molar-refractivity contribution in [2.75, 3.05) is 25.1 Å². The van der Waals surface area contributed by atoms with Crippen molar-refractivity contribution >= 4 is 76.9 Å². The van der Waals surface area contributed by atoms with Crippen molar-refractivity contribution in [3.05, 3.63) is 208 Å². The first-order valence-electron chi connectivity index (χ1n) is 30.1. The number of fused-ring (bicyclic) bond motifs is 3. The number of carbonyl (C=O) groups is 4. The van der Waals surface area contributed by atoms with Gasteiger partial charge < -0.3 is 58.4 Å². The molecular formula is C65H72N18O13S3. The summed E-state index contributed by atoms with van der Waals surface area (Å²) in [5, 5.41) is 11.5. The molecule has 3 aromatic carbocycles. The van der Waals surface area contributed by atoms with Crippen molar-refractivity contribution in [1.82, 2.24) is 50.0 Å². The number of pyridine rings is 3. The van der Waals surface area contributed by atoms with Crippen molar-refractivity contribution < 1.29 is 58.6 Å². The Bertz CT molecular complexity index is 4970. The molecule has 3 aliphatic heterocycles. The number of nitrogens with zero attached hydrogens (tertiary/aromatic N) is 10. The first-order valence-corrected chi connectivity index (χ1v) is 34.9. The molecule has 0 spiro atoms. The summed E-state index contributed by atoms with van der Waals surface area (Å²) in [7, 11) is -10.9. The summed E-state index contributed by atoms with van der Waals surface area (Å²) in [5.41, 5.74) is 26.1. The Morgan fingerprint density at radius 1 is 0.515 bits per heavy atom. The third kappa shape index (κ3) is 18.8. The molecule has 0 aliphatic carbocycles. The lowest BCUT2D eigenvalue weighted by Gasteiger charge is -2.27. The Labute approximate surface area is 570 Å². The van der Waals surface area contributed by atoms with Crippen LogP contribution in [0.2, 0.25) is 0 Å². The second-order valence-corrected chi connectivity index (χ2v) is 29.8. The lowest BCUT2D eigenvalue weighted by atomic mass is 10.0. The van der Waals surface area contributed by atoms with Crippen molar-refractivity contribution in [3.8, 4) is 28.9 Å². The number of amides is 3. The van der Waals surface area contributed by atoms with E-state index in [1.807, 2.05) is 27.0 Å². The van der Waals surface area contributed by atoms with Gasteiger partial charge >= 0.3 is 0 Å². The van der Waals surface area contributed by atoms with Crippen LogP contribution in [-0.2, 0) is 47.3 Å². The number of aryl methyl sites for hydroxylation is 1. The predicted molar refractivity (Wildman–Crippen MR) is 369 cm³/mol. The molecule has 0 saturated heterocycles. The molecule has 99 heavy (non-hydrogen) atoms. The number of aromatic nitrogens is 7. The molecule has 8 aromatic rings. The molecular weight excluding hydrogens is 1340 g/mol. The quantitative estimate of drug-likeness (QED) is 0.0491. The number of Topliss-reactive ketones (excluding diaryl/α,β-unsaturated/α-hetero) is 1. The van der Waals surface area contributed by atoms with Gasteiger partial charge in [-0.05, 0) is 120 Å². The smallest absolute Gasteiger partial charge is 0.259 e. The number of ketones is 1. The van der Waals surface area contributed by atoms with Crippen LogP contribution in [0.15, 0.2) is 160 Å². The molecule has 0 bridgehead atoms. The number of nitrogens with one attached hydrogen (secondary N) is 4. The Morgan fingerprint density at radius 2 is 0.869 bits per heavy atom. The Morgan fingerprint density at radius 3 is 1.21 bits per heavy atom. The van der Waals surface area contributed by atoms with E-state index in [-0.39, 0.29) is 83.9 Å². The van der Waals surface area contributed by atoms with E-state index in [2.05, 4.69) is 66.0 Å². The first kappa shape index (κ1) is 71.9. The van der Waals surface area contributed by atoms with Crippen molar-refractivity contribution in [3.63, 3.8) is 0 Å². The average molecular weight is 1410 g/mol. The fourth-order valence-electron chi connectivity index (χ4n) is 10.0. The van der Waals surface area contributed by atoms with Gasteiger partial charge in [0.05, 0.1) is 62.1 Å². The maximum atomic E-state index is 12.9. The number of anilines is 1. The molecule has 8 heterocycles. The number of hydrogen-bond donors (Lipinski definition) is 8. The zero-order chi connectivity index (χ0) is 72.0. The molecule has 0 saturated carbocycles. The highest BCUT2D eigenvalue weighted by molar-refractivity contribution is 7.90. The molecule has 34 heteroatoms.